The Balaban J connectivity index is 1.28. The van der Waals surface area contributed by atoms with E-state index in [4.69, 9.17) is 26.1 Å². The van der Waals surface area contributed by atoms with Crippen molar-refractivity contribution in [1.29, 1.82) is 0 Å². The normalized spacial score (nSPS) is 14.4. The molecule has 4 aromatic rings. The van der Waals surface area contributed by atoms with Crippen LogP contribution >= 0.6 is 11.6 Å². The number of nitrogens with zero attached hydrogens (tertiary/aromatic N) is 1. The molecule has 3 aromatic carbocycles. The number of halogens is 1. The molecule has 0 saturated heterocycles. The fraction of sp³-hybridized carbons (Fsp3) is 0.233. The Morgan fingerprint density at radius 2 is 1.71 bits per heavy atom. The van der Waals surface area contributed by atoms with E-state index >= 15 is 0 Å². The van der Waals surface area contributed by atoms with Crippen LogP contribution in [0.1, 0.15) is 40.0 Å². The Kier molecular flexibility index (Phi) is 8.41. The SMILES string of the molecule is CC(Cc1ccc2c(c1)OCO2)c1ccc2cc(CC([AsH]C(=O)c3ccc(S(C)(=O)=O)cc3Cl)C(=O)O)ccc2n1. The van der Waals surface area contributed by atoms with Gasteiger partial charge in [-0.15, -0.1) is 0 Å². The Bertz CT molecular complexity index is 1780. The summed E-state index contributed by atoms with van der Waals surface area (Å²) in [7, 11) is -3.48. The number of aliphatic carboxylic acids is 1. The van der Waals surface area contributed by atoms with E-state index in [2.05, 4.69) is 6.92 Å². The molecule has 1 N–H and O–H groups in total. The van der Waals surface area contributed by atoms with Crippen LogP contribution in [0, 0.1) is 0 Å². The van der Waals surface area contributed by atoms with Crippen LogP contribution in [0.25, 0.3) is 10.9 Å². The number of rotatable bonds is 10. The van der Waals surface area contributed by atoms with Crippen molar-refractivity contribution in [3.8, 4) is 11.5 Å². The molecule has 41 heavy (non-hydrogen) atoms. The second kappa shape index (κ2) is 11.8. The summed E-state index contributed by atoms with van der Waals surface area (Å²) in [4.78, 5) is 29.9. The summed E-state index contributed by atoms with van der Waals surface area (Å²) in [5.74, 6) is 0.620. The van der Waals surface area contributed by atoms with Crippen molar-refractivity contribution in [1.82, 2.24) is 4.98 Å². The first-order valence-corrected chi connectivity index (χ1v) is 17.3. The predicted octanol–water partition coefficient (Wildman–Crippen LogP) is 5.06. The minimum absolute atomic E-state index is 0.00379. The van der Waals surface area contributed by atoms with Gasteiger partial charge in [-0.1, -0.05) is 0 Å². The van der Waals surface area contributed by atoms with Gasteiger partial charge >= 0.3 is 216 Å². The van der Waals surface area contributed by atoms with Crippen molar-refractivity contribution >= 4 is 58.6 Å². The van der Waals surface area contributed by atoms with Crippen molar-refractivity contribution < 1.29 is 32.6 Å². The number of carbonyl (C=O) groups excluding carboxylic acids is 1. The van der Waals surface area contributed by atoms with Crippen LogP contribution in [0.2, 0.25) is 9.73 Å². The maximum absolute atomic E-state index is 13.0. The molecule has 8 nitrogen and oxygen atoms in total. The Morgan fingerprint density at radius 1 is 0.976 bits per heavy atom. The van der Waals surface area contributed by atoms with E-state index in [1.807, 2.05) is 48.5 Å². The molecule has 0 amide bonds. The van der Waals surface area contributed by atoms with Gasteiger partial charge in [-0.05, 0) is 6.07 Å². The van der Waals surface area contributed by atoms with Crippen molar-refractivity contribution in [3.05, 3.63) is 94.1 Å². The zero-order valence-corrected chi connectivity index (χ0v) is 25.9. The average molecular weight is 656 g/mol. The number of carbonyl (C=O) groups is 2. The van der Waals surface area contributed by atoms with Crippen molar-refractivity contribution in [2.75, 3.05) is 13.0 Å². The molecular formula is C30H27AsClNO7S. The average Bonchev–Trinajstić information content (AvgIpc) is 3.39. The zero-order chi connectivity index (χ0) is 29.3. The number of ether oxygens (including phenoxy) is 2. The second-order valence-electron chi connectivity index (χ2n) is 10.0. The topological polar surface area (TPSA) is 120 Å². The Morgan fingerprint density at radius 3 is 2.44 bits per heavy atom. The number of hydrogen-bond acceptors (Lipinski definition) is 7. The Hall–Kier alpha value is -3.39. The van der Waals surface area contributed by atoms with Gasteiger partial charge in [0.2, 0.25) is 6.79 Å². The van der Waals surface area contributed by atoms with Gasteiger partial charge in [0.05, 0.1) is 0 Å². The van der Waals surface area contributed by atoms with Crippen LogP contribution < -0.4 is 9.47 Å². The van der Waals surface area contributed by atoms with Crippen LogP contribution in [-0.2, 0) is 27.5 Å². The molecular weight excluding hydrogens is 629 g/mol. The van der Waals surface area contributed by atoms with E-state index in [1.165, 1.54) is 18.2 Å². The molecule has 1 aliphatic heterocycles. The van der Waals surface area contributed by atoms with Gasteiger partial charge in [0.1, 0.15) is 0 Å². The summed E-state index contributed by atoms with van der Waals surface area (Å²) in [6.07, 6.45) is 2.03. The quantitative estimate of drug-likeness (QED) is 0.236. The number of hydrogen-bond donors (Lipinski definition) is 1. The third kappa shape index (κ3) is 6.75. The van der Waals surface area contributed by atoms with Crippen LogP contribution in [0.15, 0.2) is 71.6 Å². The third-order valence-corrected chi connectivity index (χ3v) is 11.1. The monoisotopic (exact) mass is 655 g/mol. The van der Waals surface area contributed by atoms with Crippen molar-refractivity contribution in [3.63, 3.8) is 0 Å². The summed E-state index contributed by atoms with van der Waals surface area (Å²) in [6.45, 7) is 2.36. The van der Waals surface area contributed by atoms with Crippen LogP contribution in [0.5, 0.6) is 11.5 Å². The molecule has 0 radical (unpaired) electrons. The number of carboxylic acids is 1. The van der Waals surface area contributed by atoms with E-state index in [1.54, 1.807) is 0 Å². The van der Waals surface area contributed by atoms with Crippen LogP contribution in [0.4, 0.5) is 0 Å². The third-order valence-electron chi connectivity index (χ3n) is 6.92. The van der Waals surface area contributed by atoms with Gasteiger partial charge in [-0.2, -0.15) is 0 Å². The molecule has 0 aliphatic carbocycles. The van der Waals surface area contributed by atoms with Gasteiger partial charge in [0, 0.05) is 0 Å². The molecule has 3 unspecified atom stereocenters. The van der Waals surface area contributed by atoms with Gasteiger partial charge < -0.3 is 9.47 Å². The fourth-order valence-electron chi connectivity index (χ4n) is 4.70. The predicted molar refractivity (Wildman–Crippen MR) is 158 cm³/mol. The maximum atomic E-state index is 13.0. The molecule has 212 valence electrons. The fourth-order valence-corrected chi connectivity index (χ4v) is 8.26. The van der Waals surface area contributed by atoms with Gasteiger partial charge in [-0.25, -0.2) is 0 Å². The summed E-state index contributed by atoms with van der Waals surface area (Å²) >= 11 is 4.53. The first-order valence-electron chi connectivity index (χ1n) is 12.8. The molecule has 2 heterocycles. The number of pyridine rings is 1. The molecule has 0 spiro atoms. The number of fused-ring (bicyclic) bond motifs is 2. The number of aromatic nitrogens is 1. The zero-order valence-electron chi connectivity index (χ0n) is 22.3. The van der Waals surface area contributed by atoms with E-state index in [0.717, 1.165) is 51.9 Å². The van der Waals surface area contributed by atoms with Crippen molar-refractivity contribution in [2.24, 2.45) is 0 Å². The first-order chi connectivity index (χ1) is 19.5. The summed E-state index contributed by atoms with van der Waals surface area (Å²) in [6, 6.07) is 19.5. The van der Waals surface area contributed by atoms with Crippen molar-refractivity contribution in [2.45, 2.75) is 35.3 Å². The number of sulfone groups is 1. The molecule has 0 fully saturated rings. The van der Waals surface area contributed by atoms with E-state index in [0.29, 0.717) is 0 Å². The summed E-state index contributed by atoms with van der Waals surface area (Å²) in [5.41, 5.74) is 3.82. The van der Waals surface area contributed by atoms with Crippen LogP contribution in [-0.4, -0.2) is 57.8 Å². The summed E-state index contributed by atoms with van der Waals surface area (Å²) in [5, 5.41) is 10.8. The first kappa shape index (κ1) is 29.1. The molecule has 5 rings (SSSR count). The van der Waals surface area contributed by atoms with Gasteiger partial charge in [0.25, 0.3) is 0 Å². The molecule has 3 atom stereocenters. The molecule has 1 aliphatic rings. The van der Waals surface area contributed by atoms with E-state index < -0.39 is 36.3 Å². The van der Waals surface area contributed by atoms with Crippen LogP contribution in [0.3, 0.4) is 0 Å². The molecule has 1 aromatic heterocycles. The molecule has 11 heteroatoms. The standard InChI is InChI=1S/C30H27AsClNO7S/c1-17(11-18-4-10-27-28(14-18)40-16-39-27)25-9-5-20-12-19(3-8-26(20)33-25)13-23(30(35)36)31-29(34)22-7-6-21(15-24(22)32)41(2,37)38/h3-10,12,14-15,17,23,31H,11,13,16H2,1-2H3,(H,35,36). The number of benzene rings is 3. The second-order valence-corrected chi connectivity index (χ2v) is 15.5. The minimum atomic E-state index is -3.48. The van der Waals surface area contributed by atoms with Gasteiger partial charge in [0.15, 0.2) is 11.5 Å². The van der Waals surface area contributed by atoms with Gasteiger partial charge in [-0.3, -0.25) is 0 Å². The Labute approximate surface area is 249 Å². The van der Waals surface area contributed by atoms with E-state index in [-0.39, 0.29) is 39.2 Å². The molecule has 0 bridgehead atoms. The summed E-state index contributed by atoms with van der Waals surface area (Å²) < 4.78 is 33.2. The molecule has 0 saturated carbocycles. The number of carboxylic acid groups (broad SMARTS) is 1. The van der Waals surface area contributed by atoms with E-state index in [9.17, 15) is 23.1 Å².